The van der Waals surface area contributed by atoms with E-state index < -0.39 is 47.6 Å². The van der Waals surface area contributed by atoms with Crippen molar-refractivity contribution in [2.24, 2.45) is 0 Å². The third kappa shape index (κ3) is 5.01. The Kier molecular flexibility index (Phi) is 6.10. The first-order chi connectivity index (χ1) is 12.7. The average molecular weight is 396 g/mol. The highest BCUT2D eigenvalue weighted by atomic mass is 32.2. The van der Waals surface area contributed by atoms with Gasteiger partial charge in [-0.3, -0.25) is 9.59 Å². The summed E-state index contributed by atoms with van der Waals surface area (Å²) in [7, 11) is 0. The summed E-state index contributed by atoms with van der Waals surface area (Å²) in [6.07, 6.45) is -2.36. The lowest BCUT2D eigenvalue weighted by Crippen LogP contribution is -2.58. The van der Waals surface area contributed by atoms with E-state index in [1.165, 1.54) is 25.6 Å². The average Bonchev–Trinajstić information content (AvgIpc) is 2.92. The Labute approximate surface area is 162 Å². The maximum absolute atomic E-state index is 11.6. The molecule has 0 unspecified atom stereocenters. The molecule has 0 bridgehead atoms. The predicted molar refractivity (Wildman–Crippen MR) is 97.0 cm³/mol. The summed E-state index contributed by atoms with van der Waals surface area (Å²) in [6.45, 7) is 6.22. The third-order valence-electron chi connectivity index (χ3n) is 4.18. The molecule has 5 atom stereocenters. The van der Waals surface area contributed by atoms with Crippen LogP contribution >= 0.6 is 11.8 Å². The van der Waals surface area contributed by atoms with Crippen LogP contribution in [0.5, 0.6) is 0 Å². The quantitative estimate of drug-likeness (QED) is 0.703. The van der Waals surface area contributed by atoms with Gasteiger partial charge in [0, 0.05) is 18.7 Å². The van der Waals surface area contributed by atoms with Crippen molar-refractivity contribution in [3.63, 3.8) is 0 Å². The highest BCUT2D eigenvalue weighted by Crippen LogP contribution is 2.43. The number of ether oxygens (including phenoxy) is 5. The van der Waals surface area contributed by atoms with Gasteiger partial charge in [-0.15, -0.1) is 0 Å². The maximum Gasteiger partial charge on any atom is 0.303 e. The molecule has 0 N–H and O–H groups in total. The molecule has 0 amide bonds. The Morgan fingerprint density at radius 3 is 2.37 bits per heavy atom. The molecule has 148 valence electrons. The molecule has 0 aliphatic carbocycles. The minimum Gasteiger partial charge on any atom is -0.463 e. The fourth-order valence-corrected chi connectivity index (χ4v) is 4.34. The summed E-state index contributed by atoms with van der Waals surface area (Å²) in [5.74, 6) is -1.74. The molecule has 0 spiro atoms. The largest absolute Gasteiger partial charge is 0.463 e. The molecule has 3 rings (SSSR count). The first-order valence-corrected chi connectivity index (χ1v) is 9.66. The summed E-state index contributed by atoms with van der Waals surface area (Å²) in [5, 5.41) is 0. The van der Waals surface area contributed by atoms with Crippen LogP contribution in [0.15, 0.2) is 35.2 Å². The van der Waals surface area contributed by atoms with E-state index in [-0.39, 0.29) is 6.61 Å². The molecule has 27 heavy (non-hydrogen) atoms. The third-order valence-corrected chi connectivity index (χ3v) is 5.34. The Bertz CT molecular complexity index is 678. The van der Waals surface area contributed by atoms with Gasteiger partial charge in [-0.2, -0.15) is 0 Å². The van der Waals surface area contributed by atoms with Crippen LogP contribution in [0, 0.1) is 0 Å². The van der Waals surface area contributed by atoms with Gasteiger partial charge in [0.25, 0.3) is 0 Å². The molecule has 2 aliphatic heterocycles. The van der Waals surface area contributed by atoms with Crippen LogP contribution in [-0.4, -0.2) is 54.2 Å². The Balaban J connectivity index is 1.86. The zero-order valence-corrected chi connectivity index (χ0v) is 16.6. The van der Waals surface area contributed by atoms with Crippen LogP contribution in [0.2, 0.25) is 0 Å². The van der Waals surface area contributed by atoms with Gasteiger partial charge in [0.05, 0.1) is 0 Å². The van der Waals surface area contributed by atoms with Gasteiger partial charge >= 0.3 is 11.9 Å². The molecular formula is C19H24O7S. The summed E-state index contributed by atoms with van der Waals surface area (Å²) in [5.41, 5.74) is -0.411. The molecule has 8 heteroatoms. The molecule has 0 saturated carbocycles. The van der Waals surface area contributed by atoms with Crippen LogP contribution in [-0.2, 0) is 33.3 Å². The normalized spacial score (nSPS) is 31.8. The molecule has 2 heterocycles. The van der Waals surface area contributed by atoms with E-state index >= 15 is 0 Å². The standard InChI is InChI=1S/C19H24O7S/c1-11(20)22-10-14-15(23-12(2)21)16-17(26-19(3,4)25-16)18(24-14)27-13-8-6-5-7-9-13/h5-9,14-18H,10H2,1-4H3/t14-,15+,16-,17-,18+/m0/s1. The van der Waals surface area contributed by atoms with Gasteiger partial charge in [0.2, 0.25) is 0 Å². The summed E-state index contributed by atoms with van der Waals surface area (Å²) in [6, 6.07) is 9.77. The second-order valence-corrected chi connectivity index (χ2v) is 8.09. The van der Waals surface area contributed by atoms with Gasteiger partial charge in [-0.1, -0.05) is 30.0 Å². The monoisotopic (exact) mass is 396 g/mol. The number of esters is 2. The van der Waals surface area contributed by atoms with E-state index in [1.807, 2.05) is 44.2 Å². The minimum absolute atomic E-state index is 0.0356. The highest BCUT2D eigenvalue weighted by Gasteiger charge is 2.57. The first kappa shape index (κ1) is 20.1. The number of benzene rings is 1. The van der Waals surface area contributed by atoms with E-state index in [1.54, 1.807) is 0 Å². The van der Waals surface area contributed by atoms with E-state index in [9.17, 15) is 9.59 Å². The lowest BCUT2D eigenvalue weighted by Gasteiger charge is -2.41. The zero-order valence-electron chi connectivity index (χ0n) is 15.7. The van der Waals surface area contributed by atoms with Crippen molar-refractivity contribution in [3.8, 4) is 0 Å². The van der Waals surface area contributed by atoms with Crippen molar-refractivity contribution in [2.75, 3.05) is 6.61 Å². The summed E-state index contributed by atoms with van der Waals surface area (Å²) in [4.78, 5) is 23.9. The molecule has 1 aromatic carbocycles. The SMILES string of the molecule is CC(=O)OC[C@@H]1O[C@H](Sc2ccccc2)[C@H]2OC(C)(C)O[C@H]2[C@@H]1OC(C)=O. The van der Waals surface area contributed by atoms with E-state index in [2.05, 4.69) is 0 Å². The van der Waals surface area contributed by atoms with Gasteiger partial charge in [0.15, 0.2) is 11.9 Å². The number of hydrogen-bond donors (Lipinski definition) is 0. The fraction of sp³-hybridized carbons (Fsp3) is 0.579. The van der Waals surface area contributed by atoms with Gasteiger partial charge < -0.3 is 23.7 Å². The van der Waals surface area contributed by atoms with Crippen LogP contribution in [0.4, 0.5) is 0 Å². The van der Waals surface area contributed by atoms with Gasteiger partial charge in [-0.25, -0.2) is 0 Å². The topological polar surface area (TPSA) is 80.3 Å². The predicted octanol–water partition coefficient (Wildman–Crippen LogP) is 2.52. The molecule has 2 aliphatic rings. The van der Waals surface area contributed by atoms with Gasteiger partial charge in [-0.05, 0) is 26.0 Å². The highest BCUT2D eigenvalue weighted by molar-refractivity contribution is 7.99. The molecule has 0 radical (unpaired) electrons. The second kappa shape index (κ2) is 8.18. The van der Waals surface area contributed by atoms with E-state index in [0.29, 0.717) is 0 Å². The van der Waals surface area contributed by atoms with Gasteiger partial charge in [0.1, 0.15) is 30.4 Å². The fourth-order valence-electron chi connectivity index (χ4n) is 3.22. The molecule has 7 nitrogen and oxygen atoms in total. The number of thioether (sulfide) groups is 1. The van der Waals surface area contributed by atoms with Crippen molar-refractivity contribution >= 4 is 23.7 Å². The van der Waals surface area contributed by atoms with Crippen LogP contribution in [0.3, 0.4) is 0 Å². The van der Waals surface area contributed by atoms with Crippen molar-refractivity contribution in [1.29, 1.82) is 0 Å². The number of carbonyl (C=O) groups is 2. The number of fused-ring (bicyclic) bond motifs is 1. The Hall–Kier alpha value is -1.61. The lowest BCUT2D eigenvalue weighted by atomic mass is 10.00. The van der Waals surface area contributed by atoms with Crippen molar-refractivity contribution in [3.05, 3.63) is 30.3 Å². The van der Waals surface area contributed by atoms with Crippen LogP contribution in [0.1, 0.15) is 27.7 Å². The maximum atomic E-state index is 11.6. The summed E-state index contributed by atoms with van der Waals surface area (Å²) < 4.78 is 28.9. The van der Waals surface area contributed by atoms with Crippen molar-refractivity contribution < 1.29 is 33.3 Å². The summed E-state index contributed by atoms with van der Waals surface area (Å²) >= 11 is 1.49. The van der Waals surface area contributed by atoms with Crippen molar-refractivity contribution in [2.45, 2.75) is 68.2 Å². The number of carbonyl (C=O) groups excluding carboxylic acids is 2. The lowest BCUT2D eigenvalue weighted by molar-refractivity contribution is -0.202. The van der Waals surface area contributed by atoms with Crippen molar-refractivity contribution in [1.82, 2.24) is 0 Å². The zero-order chi connectivity index (χ0) is 19.6. The molecule has 2 fully saturated rings. The number of hydrogen-bond acceptors (Lipinski definition) is 8. The molecule has 0 aromatic heterocycles. The van der Waals surface area contributed by atoms with E-state index in [4.69, 9.17) is 23.7 Å². The molecule has 2 saturated heterocycles. The van der Waals surface area contributed by atoms with Crippen LogP contribution in [0.25, 0.3) is 0 Å². The molecular weight excluding hydrogens is 372 g/mol. The van der Waals surface area contributed by atoms with E-state index in [0.717, 1.165) is 4.90 Å². The molecule has 1 aromatic rings. The number of rotatable bonds is 5. The minimum atomic E-state index is -0.844. The Morgan fingerprint density at radius 2 is 1.74 bits per heavy atom. The first-order valence-electron chi connectivity index (χ1n) is 8.78. The van der Waals surface area contributed by atoms with Crippen LogP contribution < -0.4 is 0 Å². The smallest absolute Gasteiger partial charge is 0.303 e. The second-order valence-electron chi connectivity index (χ2n) is 6.92. The Morgan fingerprint density at radius 1 is 1.07 bits per heavy atom.